The maximum atomic E-state index is 13.6. The molecule has 0 unspecified atom stereocenters. The van der Waals surface area contributed by atoms with E-state index in [-0.39, 0.29) is 11.3 Å². The van der Waals surface area contributed by atoms with Crippen molar-refractivity contribution in [2.75, 3.05) is 17.7 Å². The minimum atomic E-state index is -0.621. The van der Waals surface area contributed by atoms with Gasteiger partial charge in [0.1, 0.15) is 11.6 Å². The number of hydrogen-bond donors (Lipinski definition) is 2. The van der Waals surface area contributed by atoms with E-state index in [9.17, 15) is 14.3 Å². The fourth-order valence-corrected chi connectivity index (χ4v) is 1.68. The number of nitrogens with zero attached hydrogens (tertiary/aromatic N) is 1. The van der Waals surface area contributed by atoms with Crippen LogP contribution in [0.1, 0.15) is 10.4 Å². The predicted molar refractivity (Wildman–Crippen MR) is 71.7 cm³/mol. The first-order chi connectivity index (χ1) is 8.99. The average molecular weight is 260 g/mol. The van der Waals surface area contributed by atoms with Crippen LogP contribution in [0.3, 0.4) is 0 Å². The number of halogens is 1. The van der Waals surface area contributed by atoms with Crippen LogP contribution in [0.2, 0.25) is 0 Å². The quantitative estimate of drug-likeness (QED) is 0.815. The largest absolute Gasteiger partial charge is 0.508 e. The van der Waals surface area contributed by atoms with E-state index in [1.165, 1.54) is 36.2 Å². The van der Waals surface area contributed by atoms with E-state index in [1.807, 2.05) is 0 Å². The summed E-state index contributed by atoms with van der Waals surface area (Å²) in [5, 5.41) is 9.19. The van der Waals surface area contributed by atoms with Gasteiger partial charge in [0.05, 0.1) is 5.56 Å². The topological polar surface area (TPSA) is 66.6 Å². The lowest BCUT2D eigenvalue weighted by atomic mass is 10.1. The number of anilines is 2. The van der Waals surface area contributed by atoms with Gasteiger partial charge in [-0.3, -0.25) is 4.79 Å². The van der Waals surface area contributed by atoms with Crippen molar-refractivity contribution >= 4 is 17.3 Å². The molecule has 0 aromatic heterocycles. The summed E-state index contributed by atoms with van der Waals surface area (Å²) in [5.74, 6) is -1.03. The summed E-state index contributed by atoms with van der Waals surface area (Å²) in [6, 6.07) is 9.90. The first-order valence-corrected chi connectivity index (χ1v) is 5.61. The van der Waals surface area contributed by atoms with Crippen LogP contribution in [0.4, 0.5) is 15.8 Å². The summed E-state index contributed by atoms with van der Waals surface area (Å²) < 4.78 is 13.6. The normalized spacial score (nSPS) is 10.2. The fourth-order valence-electron chi connectivity index (χ4n) is 1.68. The minimum absolute atomic E-state index is 0.0874. The number of carbonyl (C=O) groups is 1. The summed E-state index contributed by atoms with van der Waals surface area (Å²) in [4.78, 5) is 13.5. The Morgan fingerprint density at radius 2 is 1.84 bits per heavy atom. The van der Waals surface area contributed by atoms with Gasteiger partial charge < -0.3 is 15.7 Å². The number of phenols is 1. The van der Waals surface area contributed by atoms with Crippen LogP contribution < -0.4 is 10.6 Å². The van der Waals surface area contributed by atoms with Crippen LogP contribution in [-0.2, 0) is 0 Å². The number of aromatic hydroxyl groups is 1. The molecule has 5 heteroatoms. The van der Waals surface area contributed by atoms with Crippen molar-refractivity contribution in [3.05, 3.63) is 53.8 Å². The third-order valence-electron chi connectivity index (χ3n) is 2.76. The monoisotopic (exact) mass is 260 g/mol. The molecule has 19 heavy (non-hydrogen) atoms. The van der Waals surface area contributed by atoms with Gasteiger partial charge in [0.25, 0.3) is 5.91 Å². The van der Waals surface area contributed by atoms with E-state index in [0.717, 1.165) is 6.07 Å². The van der Waals surface area contributed by atoms with Crippen LogP contribution in [0, 0.1) is 5.82 Å². The maximum absolute atomic E-state index is 13.6. The summed E-state index contributed by atoms with van der Waals surface area (Å²) in [6.45, 7) is 0. The molecule has 3 N–H and O–H groups in total. The van der Waals surface area contributed by atoms with Gasteiger partial charge in [0, 0.05) is 18.4 Å². The number of nitrogens with two attached hydrogens (primary N) is 1. The van der Waals surface area contributed by atoms with Crippen LogP contribution in [0.15, 0.2) is 42.5 Å². The van der Waals surface area contributed by atoms with Crippen LogP contribution in [-0.4, -0.2) is 18.1 Å². The molecule has 1 amide bonds. The highest BCUT2D eigenvalue weighted by Gasteiger charge is 2.17. The van der Waals surface area contributed by atoms with E-state index < -0.39 is 11.7 Å². The molecule has 0 atom stereocenters. The van der Waals surface area contributed by atoms with Gasteiger partial charge in [-0.2, -0.15) is 0 Å². The summed E-state index contributed by atoms with van der Waals surface area (Å²) in [6.07, 6.45) is 0. The molecule has 4 nitrogen and oxygen atoms in total. The SMILES string of the molecule is CN(C(=O)c1cc(N)ccc1F)c1ccc(O)cc1. The Labute approximate surface area is 109 Å². The number of nitrogen functional groups attached to an aromatic ring is 1. The molecule has 0 aliphatic carbocycles. The molecule has 0 saturated carbocycles. The highest BCUT2D eigenvalue weighted by atomic mass is 19.1. The van der Waals surface area contributed by atoms with Gasteiger partial charge in [0.15, 0.2) is 0 Å². The molecule has 0 aliphatic heterocycles. The van der Waals surface area contributed by atoms with Gasteiger partial charge in [-0.15, -0.1) is 0 Å². The van der Waals surface area contributed by atoms with E-state index in [2.05, 4.69) is 0 Å². The van der Waals surface area contributed by atoms with Crippen LogP contribution in [0.25, 0.3) is 0 Å². The van der Waals surface area contributed by atoms with Crippen molar-refractivity contribution in [3.8, 4) is 5.75 Å². The van der Waals surface area contributed by atoms with Crippen molar-refractivity contribution in [2.24, 2.45) is 0 Å². The Morgan fingerprint density at radius 3 is 2.47 bits per heavy atom. The number of hydrogen-bond acceptors (Lipinski definition) is 3. The summed E-state index contributed by atoms with van der Waals surface area (Å²) in [7, 11) is 1.53. The van der Waals surface area contributed by atoms with Crippen molar-refractivity contribution in [3.63, 3.8) is 0 Å². The van der Waals surface area contributed by atoms with Crippen molar-refractivity contribution in [1.29, 1.82) is 0 Å². The molecule has 2 aromatic carbocycles. The molecule has 0 spiro atoms. The number of carbonyl (C=O) groups excluding carboxylic acids is 1. The Balaban J connectivity index is 2.33. The molecule has 2 aromatic rings. The van der Waals surface area contributed by atoms with Gasteiger partial charge >= 0.3 is 0 Å². The molecule has 0 bridgehead atoms. The second kappa shape index (κ2) is 4.97. The van der Waals surface area contributed by atoms with Crippen LogP contribution in [0.5, 0.6) is 5.75 Å². The zero-order valence-electron chi connectivity index (χ0n) is 10.3. The first kappa shape index (κ1) is 12.9. The zero-order valence-corrected chi connectivity index (χ0v) is 10.3. The van der Waals surface area contributed by atoms with Crippen LogP contribution >= 0.6 is 0 Å². The Hall–Kier alpha value is -2.56. The minimum Gasteiger partial charge on any atom is -0.508 e. The lowest BCUT2D eigenvalue weighted by Gasteiger charge is -2.18. The van der Waals surface area contributed by atoms with Crippen molar-refractivity contribution in [2.45, 2.75) is 0 Å². The Bertz CT molecular complexity index is 611. The standard InChI is InChI=1S/C14H13FN2O2/c1-17(10-3-5-11(18)6-4-10)14(19)12-8-9(16)2-7-13(12)15/h2-8,18H,16H2,1H3. The second-order valence-electron chi connectivity index (χ2n) is 4.12. The molecule has 0 heterocycles. The number of amides is 1. The molecule has 0 aliphatic rings. The number of rotatable bonds is 2. The van der Waals surface area contributed by atoms with Gasteiger partial charge in [0.2, 0.25) is 0 Å². The third kappa shape index (κ3) is 2.65. The number of phenolic OH excluding ortho intramolecular Hbond substituents is 1. The first-order valence-electron chi connectivity index (χ1n) is 5.61. The lowest BCUT2D eigenvalue weighted by Crippen LogP contribution is -2.27. The highest BCUT2D eigenvalue weighted by molar-refractivity contribution is 6.06. The Morgan fingerprint density at radius 1 is 1.21 bits per heavy atom. The van der Waals surface area contributed by atoms with Crippen molar-refractivity contribution in [1.82, 2.24) is 0 Å². The molecular weight excluding hydrogens is 247 g/mol. The second-order valence-corrected chi connectivity index (χ2v) is 4.12. The highest BCUT2D eigenvalue weighted by Crippen LogP contribution is 2.21. The Kier molecular flexibility index (Phi) is 3.37. The molecular formula is C14H13FN2O2. The van der Waals surface area contributed by atoms with Gasteiger partial charge in [-0.1, -0.05) is 0 Å². The fraction of sp³-hybridized carbons (Fsp3) is 0.0714. The molecule has 0 radical (unpaired) electrons. The molecule has 0 fully saturated rings. The van der Waals surface area contributed by atoms with Gasteiger partial charge in [-0.05, 0) is 42.5 Å². The maximum Gasteiger partial charge on any atom is 0.261 e. The smallest absolute Gasteiger partial charge is 0.261 e. The predicted octanol–water partition coefficient (Wildman–Crippen LogP) is 2.39. The third-order valence-corrected chi connectivity index (χ3v) is 2.76. The molecule has 2 rings (SSSR count). The van der Waals surface area contributed by atoms with E-state index in [4.69, 9.17) is 5.73 Å². The van der Waals surface area contributed by atoms with E-state index in [0.29, 0.717) is 11.4 Å². The molecule has 0 saturated heterocycles. The molecule has 98 valence electrons. The van der Waals surface area contributed by atoms with Crippen molar-refractivity contribution < 1.29 is 14.3 Å². The lowest BCUT2D eigenvalue weighted by molar-refractivity contribution is 0.0989. The summed E-state index contributed by atoms with van der Waals surface area (Å²) in [5.41, 5.74) is 6.34. The van der Waals surface area contributed by atoms with Gasteiger partial charge in [-0.25, -0.2) is 4.39 Å². The van der Waals surface area contributed by atoms with E-state index in [1.54, 1.807) is 12.1 Å². The summed E-state index contributed by atoms with van der Waals surface area (Å²) >= 11 is 0. The van der Waals surface area contributed by atoms with E-state index >= 15 is 0 Å². The number of benzene rings is 2. The average Bonchev–Trinajstić information content (AvgIpc) is 2.41. The zero-order chi connectivity index (χ0) is 14.0.